The molecule has 2 aromatic rings. The molecule has 0 saturated carbocycles. The molecule has 2 aliphatic heterocycles. The van der Waals surface area contributed by atoms with Gasteiger partial charge in [-0.2, -0.15) is 0 Å². The second-order valence-electron chi connectivity index (χ2n) is 8.32. The van der Waals surface area contributed by atoms with Gasteiger partial charge < -0.3 is 9.47 Å². The number of hydrogen-bond acceptors (Lipinski definition) is 3. The molecular formula is C25H26O3. The van der Waals surface area contributed by atoms with Crippen molar-refractivity contribution in [3.05, 3.63) is 76.4 Å². The van der Waals surface area contributed by atoms with E-state index in [0.717, 1.165) is 28.9 Å². The third kappa shape index (κ3) is 3.49. The Morgan fingerprint density at radius 1 is 1.18 bits per heavy atom. The highest BCUT2D eigenvalue weighted by Gasteiger charge is 2.34. The summed E-state index contributed by atoms with van der Waals surface area (Å²) in [6.45, 7) is 8.23. The van der Waals surface area contributed by atoms with Crippen molar-refractivity contribution in [1.29, 1.82) is 0 Å². The normalized spacial score (nSPS) is 19.1. The van der Waals surface area contributed by atoms with Crippen molar-refractivity contribution in [1.82, 2.24) is 0 Å². The molecule has 0 aliphatic carbocycles. The Labute approximate surface area is 166 Å². The Morgan fingerprint density at radius 2 is 1.93 bits per heavy atom. The monoisotopic (exact) mass is 374 g/mol. The summed E-state index contributed by atoms with van der Waals surface area (Å²) in [7, 11) is 0. The van der Waals surface area contributed by atoms with Gasteiger partial charge in [0.05, 0.1) is 17.5 Å². The summed E-state index contributed by atoms with van der Waals surface area (Å²) < 4.78 is 12.7. The fourth-order valence-electron chi connectivity index (χ4n) is 3.70. The first-order valence-electron chi connectivity index (χ1n) is 9.80. The quantitative estimate of drug-likeness (QED) is 0.610. The molecule has 0 aromatic heterocycles. The molecule has 3 heteroatoms. The Kier molecular flexibility index (Phi) is 4.62. The molecule has 0 N–H and O–H groups in total. The van der Waals surface area contributed by atoms with Crippen molar-refractivity contribution < 1.29 is 14.3 Å². The topological polar surface area (TPSA) is 35.5 Å². The lowest BCUT2D eigenvalue weighted by molar-refractivity contribution is 0.0846. The molecule has 144 valence electrons. The van der Waals surface area contributed by atoms with Crippen molar-refractivity contribution in [2.24, 2.45) is 0 Å². The SMILES string of the molecule is CC(C)=CCc1cc2c(c3c1OC(C)(C)C=C3)OC(c1ccccc1)CC2=O. The van der Waals surface area contributed by atoms with Crippen LogP contribution < -0.4 is 9.47 Å². The molecule has 0 fully saturated rings. The predicted molar refractivity (Wildman–Crippen MR) is 112 cm³/mol. The van der Waals surface area contributed by atoms with Gasteiger partial charge >= 0.3 is 0 Å². The van der Waals surface area contributed by atoms with Crippen molar-refractivity contribution in [2.45, 2.75) is 52.2 Å². The minimum absolute atomic E-state index is 0.120. The van der Waals surface area contributed by atoms with Gasteiger partial charge in [0.1, 0.15) is 23.2 Å². The van der Waals surface area contributed by atoms with E-state index in [2.05, 4.69) is 19.9 Å². The Hall–Kier alpha value is -2.81. The maximum absolute atomic E-state index is 13.0. The second kappa shape index (κ2) is 6.97. The standard InChI is InChI=1S/C25H26O3/c1-16(2)10-11-18-14-20-21(26)15-22(17-8-6-5-7-9-17)27-24(20)19-12-13-25(3,4)28-23(18)19/h5-10,12-14,22H,11,15H2,1-4H3. The molecule has 28 heavy (non-hydrogen) atoms. The summed E-state index contributed by atoms with van der Waals surface area (Å²) in [5.41, 5.74) is 4.44. The fraction of sp³-hybridized carbons (Fsp3) is 0.320. The van der Waals surface area contributed by atoms with Gasteiger partial charge in [-0.25, -0.2) is 0 Å². The van der Waals surface area contributed by atoms with Gasteiger partial charge in [0, 0.05) is 0 Å². The Morgan fingerprint density at radius 3 is 2.64 bits per heavy atom. The summed E-state index contributed by atoms with van der Waals surface area (Å²) in [6, 6.07) is 11.9. The lowest BCUT2D eigenvalue weighted by Crippen LogP contribution is -2.29. The minimum atomic E-state index is -0.390. The summed E-state index contributed by atoms with van der Waals surface area (Å²) in [5, 5.41) is 0. The van der Waals surface area contributed by atoms with Crippen LogP contribution in [-0.4, -0.2) is 11.4 Å². The predicted octanol–water partition coefficient (Wildman–Crippen LogP) is 6.09. The smallest absolute Gasteiger partial charge is 0.170 e. The lowest BCUT2D eigenvalue weighted by atomic mass is 9.89. The average molecular weight is 374 g/mol. The first-order valence-corrected chi connectivity index (χ1v) is 9.80. The zero-order valence-corrected chi connectivity index (χ0v) is 16.9. The van der Waals surface area contributed by atoms with Crippen LogP contribution in [0.5, 0.6) is 11.5 Å². The van der Waals surface area contributed by atoms with E-state index in [4.69, 9.17) is 9.47 Å². The number of hydrogen-bond donors (Lipinski definition) is 0. The highest BCUT2D eigenvalue weighted by Crippen LogP contribution is 2.46. The number of fused-ring (bicyclic) bond motifs is 3. The summed E-state index contributed by atoms with van der Waals surface area (Å²) >= 11 is 0. The summed E-state index contributed by atoms with van der Waals surface area (Å²) in [4.78, 5) is 13.0. The van der Waals surface area contributed by atoms with Crippen LogP contribution in [0.4, 0.5) is 0 Å². The first kappa shape index (κ1) is 18.5. The number of rotatable bonds is 3. The molecule has 2 aliphatic rings. The summed E-state index contributed by atoms with van der Waals surface area (Å²) in [5.74, 6) is 1.59. The molecule has 2 heterocycles. The van der Waals surface area contributed by atoms with E-state index in [1.807, 2.05) is 62.4 Å². The zero-order valence-electron chi connectivity index (χ0n) is 16.9. The van der Waals surface area contributed by atoms with Crippen LogP contribution in [0, 0.1) is 0 Å². The van der Waals surface area contributed by atoms with E-state index >= 15 is 0 Å². The van der Waals surface area contributed by atoms with E-state index in [1.165, 1.54) is 5.57 Å². The number of ketones is 1. The van der Waals surface area contributed by atoms with Gasteiger partial charge in [-0.3, -0.25) is 4.79 Å². The van der Waals surface area contributed by atoms with Gasteiger partial charge in [0.2, 0.25) is 0 Å². The number of Topliss-reactive ketones (excluding diaryl/α,β-unsaturated/α-hetero) is 1. The highest BCUT2D eigenvalue weighted by atomic mass is 16.5. The minimum Gasteiger partial charge on any atom is -0.484 e. The average Bonchev–Trinajstić information content (AvgIpc) is 2.66. The van der Waals surface area contributed by atoms with Crippen LogP contribution in [-0.2, 0) is 6.42 Å². The van der Waals surface area contributed by atoms with Crippen LogP contribution in [0.25, 0.3) is 6.08 Å². The largest absolute Gasteiger partial charge is 0.484 e. The van der Waals surface area contributed by atoms with E-state index in [1.54, 1.807) is 0 Å². The first-order chi connectivity index (χ1) is 13.3. The van der Waals surface area contributed by atoms with Crippen LogP contribution in [0.15, 0.2) is 54.1 Å². The molecule has 0 radical (unpaired) electrons. The zero-order chi connectivity index (χ0) is 19.9. The number of carbonyl (C=O) groups excluding carboxylic acids is 1. The highest BCUT2D eigenvalue weighted by molar-refractivity contribution is 6.02. The van der Waals surface area contributed by atoms with Gasteiger partial charge in [0.15, 0.2) is 5.78 Å². The number of carbonyl (C=O) groups is 1. The van der Waals surface area contributed by atoms with Crippen molar-refractivity contribution in [3.63, 3.8) is 0 Å². The Bertz CT molecular complexity index is 977. The van der Waals surface area contributed by atoms with Crippen molar-refractivity contribution in [2.75, 3.05) is 0 Å². The third-order valence-electron chi connectivity index (χ3n) is 5.19. The molecular weight excluding hydrogens is 348 g/mol. The number of allylic oxidation sites excluding steroid dienone is 2. The number of benzene rings is 2. The van der Waals surface area contributed by atoms with Gasteiger partial charge in [-0.15, -0.1) is 0 Å². The molecule has 1 atom stereocenters. The van der Waals surface area contributed by atoms with Gasteiger partial charge in [-0.1, -0.05) is 42.0 Å². The molecule has 1 unspecified atom stereocenters. The van der Waals surface area contributed by atoms with Gasteiger partial charge in [0.25, 0.3) is 0 Å². The maximum atomic E-state index is 13.0. The molecule has 4 rings (SSSR count). The second-order valence-corrected chi connectivity index (χ2v) is 8.32. The Balaban J connectivity index is 1.83. The molecule has 2 aromatic carbocycles. The fourth-order valence-corrected chi connectivity index (χ4v) is 3.70. The maximum Gasteiger partial charge on any atom is 0.170 e. The number of ether oxygens (including phenoxy) is 2. The van der Waals surface area contributed by atoms with E-state index in [9.17, 15) is 4.79 Å². The molecule has 0 amide bonds. The van der Waals surface area contributed by atoms with Crippen LogP contribution in [0.1, 0.15) is 67.3 Å². The lowest BCUT2D eigenvalue weighted by Gasteiger charge is -2.34. The summed E-state index contributed by atoms with van der Waals surface area (Å²) in [6.07, 6.45) is 7.06. The van der Waals surface area contributed by atoms with Crippen LogP contribution in [0.2, 0.25) is 0 Å². The molecule has 0 saturated heterocycles. The molecule has 0 spiro atoms. The van der Waals surface area contributed by atoms with E-state index in [0.29, 0.717) is 17.7 Å². The van der Waals surface area contributed by atoms with E-state index < -0.39 is 5.60 Å². The van der Waals surface area contributed by atoms with Crippen LogP contribution in [0.3, 0.4) is 0 Å². The van der Waals surface area contributed by atoms with Crippen LogP contribution >= 0.6 is 0 Å². The third-order valence-corrected chi connectivity index (χ3v) is 5.19. The van der Waals surface area contributed by atoms with E-state index in [-0.39, 0.29) is 11.9 Å². The molecule has 0 bridgehead atoms. The van der Waals surface area contributed by atoms with Crippen molar-refractivity contribution in [3.8, 4) is 11.5 Å². The molecule has 3 nitrogen and oxygen atoms in total. The van der Waals surface area contributed by atoms with Gasteiger partial charge in [-0.05, 0) is 63.5 Å². The van der Waals surface area contributed by atoms with Crippen molar-refractivity contribution >= 4 is 11.9 Å².